The summed E-state index contributed by atoms with van der Waals surface area (Å²) in [5.74, 6) is 1.57. The highest BCUT2D eigenvalue weighted by atomic mass is 16.6. The molecule has 2 rings (SSSR count). The van der Waals surface area contributed by atoms with Crippen LogP contribution in [0.1, 0.15) is 39.2 Å². The van der Waals surface area contributed by atoms with Crippen molar-refractivity contribution in [1.82, 2.24) is 10.6 Å². The van der Waals surface area contributed by atoms with Crippen LogP contribution in [0.15, 0.2) is 29.3 Å². The van der Waals surface area contributed by atoms with E-state index in [1.54, 1.807) is 7.05 Å². The highest BCUT2D eigenvalue weighted by Crippen LogP contribution is 2.28. The van der Waals surface area contributed by atoms with Crippen LogP contribution in [0.25, 0.3) is 0 Å². The predicted octanol–water partition coefficient (Wildman–Crippen LogP) is 3.17. The predicted molar refractivity (Wildman–Crippen MR) is 113 cm³/mol. The Morgan fingerprint density at radius 2 is 1.82 bits per heavy atom. The van der Waals surface area contributed by atoms with Gasteiger partial charge in [-0.1, -0.05) is 12.1 Å². The molecule has 1 aromatic carbocycles. The fourth-order valence-corrected chi connectivity index (χ4v) is 2.50. The van der Waals surface area contributed by atoms with Gasteiger partial charge in [-0.15, -0.1) is 0 Å². The maximum absolute atomic E-state index is 11.8. The first-order valence-electron chi connectivity index (χ1n) is 9.97. The number of carbonyl (C=O) groups excluding carboxylic acids is 1. The number of aliphatic imine (C=N–C) groups is 1. The molecule has 3 N–H and O–H groups in total. The molecule has 1 aromatic rings. The summed E-state index contributed by atoms with van der Waals surface area (Å²) < 4.78 is 10.9. The molecule has 7 heteroatoms. The molecule has 0 aliphatic heterocycles. The maximum atomic E-state index is 11.8. The number of nitrogens with zero attached hydrogens (tertiary/aromatic N) is 1. The summed E-state index contributed by atoms with van der Waals surface area (Å²) in [6.07, 6.45) is 3.03. The monoisotopic (exact) mass is 390 g/mol. The van der Waals surface area contributed by atoms with Crippen LogP contribution in [0.2, 0.25) is 0 Å². The Balaban J connectivity index is 1.62. The van der Waals surface area contributed by atoms with E-state index in [9.17, 15) is 4.79 Å². The van der Waals surface area contributed by atoms with Gasteiger partial charge in [-0.2, -0.15) is 0 Å². The van der Waals surface area contributed by atoms with Crippen molar-refractivity contribution < 1.29 is 14.3 Å². The van der Waals surface area contributed by atoms with Crippen LogP contribution >= 0.6 is 0 Å². The Labute approximate surface area is 168 Å². The lowest BCUT2D eigenvalue weighted by Crippen LogP contribution is -2.39. The van der Waals surface area contributed by atoms with Crippen molar-refractivity contribution >= 4 is 17.7 Å². The number of rotatable bonds is 9. The maximum Gasteiger partial charge on any atom is 0.412 e. The first-order chi connectivity index (χ1) is 13.4. The number of anilines is 1. The Morgan fingerprint density at radius 1 is 1.14 bits per heavy atom. The highest BCUT2D eigenvalue weighted by molar-refractivity contribution is 5.84. The quantitative estimate of drug-likeness (QED) is 0.343. The summed E-state index contributed by atoms with van der Waals surface area (Å²) in [5.41, 5.74) is 1.38. The summed E-state index contributed by atoms with van der Waals surface area (Å²) in [6, 6.07) is 7.75. The smallest absolute Gasteiger partial charge is 0.412 e. The Bertz CT molecular complexity index is 634. The van der Waals surface area contributed by atoms with Crippen molar-refractivity contribution in [2.45, 2.75) is 45.6 Å². The van der Waals surface area contributed by atoms with Crippen LogP contribution in [-0.2, 0) is 15.9 Å². The fraction of sp³-hybridized carbons (Fsp3) is 0.619. The third-order valence-electron chi connectivity index (χ3n) is 4.12. The number of nitrogens with one attached hydrogen (secondary N) is 3. The van der Waals surface area contributed by atoms with E-state index in [4.69, 9.17) is 9.47 Å². The first-order valence-corrected chi connectivity index (χ1v) is 9.97. The molecule has 0 saturated heterocycles. The van der Waals surface area contributed by atoms with Crippen molar-refractivity contribution in [2.24, 2.45) is 10.9 Å². The summed E-state index contributed by atoms with van der Waals surface area (Å²) in [5, 5.41) is 9.28. The van der Waals surface area contributed by atoms with Gasteiger partial charge in [0, 0.05) is 32.4 Å². The largest absolute Gasteiger partial charge is 0.444 e. The van der Waals surface area contributed by atoms with Crippen LogP contribution in [0.5, 0.6) is 0 Å². The van der Waals surface area contributed by atoms with Gasteiger partial charge in [0.2, 0.25) is 0 Å². The number of carbonyl (C=O) groups is 1. The molecule has 0 aromatic heterocycles. The lowest BCUT2D eigenvalue weighted by Gasteiger charge is -2.19. The van der Waals surface area contributed by atoms with Crippen LogP contribution in [-0.4, -0.2) is 51.0 Å². The molecule has 0 heterocycles. The van der Waals surface area contributed by atoms with Crippen molar-refractivity contribution in [3.05, 3.63) is 29.8 Å². The molecule has 156 valence electrons. The van der Waals surface area contributed by atoms with Gasteiger partial charge in [0.25, 0.3) is 0 Å². The van der Waals surface area contributed by atoms with Crippen molar-refractivity contribution in [1.29, 1.82) is 0 Å². The van der Waals surface area contributed by atoms with E-state index in [0.717, 1.165) is 43.7 Å². The summed E-state index contributed by atoms with van der Waals surface area (Å²) in [4.78, 5) is 16.0. The molecule has 7 nitrogen and oxygen atoms in total. The number of ether oxygens (including phenoxy) is 2. The minimum Gasteiger partial charge on any atom is -0.444 e. The molecular weight excluding hydrogens is 356 g/mol. The molecule has 0 atom stereocenters. The fourth-order valence-electron chi connectivity index (χ4n) is 2.50. The number of guanidine groups is 1. The van der Waals surface area contributed by atoms with E-state index in [1.165, 1.54) is 18.4 Å². The Hall–Kier alpha value is -2.28. The van der Waals surface area contributed by atoms with E-state index in [1.807, 2.05) is 45.0 Å². The van der Waals surface area contributed by atoms with Crippen LogP contribution in [0.4, 0.5) is 10.5 Å². The summed E-state index contributed by atoms with van der Waals surface area (Å²) >= 11 is 0. The molecule has 28 heavy (non-hydrogen) atoms. The average Bonchev–Trinajstić information content (AvgIpc) is 3.44. The number of amides is 1. The summed E-state index contributed by atoms with van der Waals surface area (Å²) in [6.45, 7) is 8.61. The molecule has 1 aliphatic carbocycles. The lowest BCUT2D eigenvalue weighted by molar-refractivity contribution is 0.0636. The third kappa shape index (κ3) is 9.60. The van der Waals surface area contributed by atoms with Crippen molar-refractivity contribution in [3.63, 3.8) is 0 Å². The minimum atomic E-state index is -0.508. The van der Waals surface area contributed by atoms with Gasteiger partial charge >= 0.3 is 6.09 Å². The second-order valence-corrected chi connectivity index (χ2v) is 8.02. The van der Waals surface area contributed by atoms with Gasteiger partial charge in [-0.05, 0) is 63.6 Å². The van der Waals surface area contributed by atoms with E-state index >= 15 is 0 Å². The van der Waals surface area contributed by atoms with Gasteiger partial charge in [0.15, 0.2) is 5.96 Å². The minimum absolute atomic E-state index is 0.446. The van der Waals surface area contributed by atoms with Gasteiger partial charge in [0.05, 0.1) is 6.61 Å². The van der Waals surface area contributed by atoms with Crippen LogP contribution in [0.3, 0.4) is 0 Å². The molecule has 1 fully saturated rings. The van der Waals surface area contributed by atoms with Gasteiger partial charge in [0.1, 0.15) is 5.60 Å². The normalized spacial score (nSPS) is 14.5. The molecule has 1 amide bonds. The molecule has 0 unspecified atom stereocenters. The van der Waals surface area contributed by atoms with E-state index in [2.05, 4.69) is 20.9 Å². The van der Waals surface area contributed by atoms with E-state index < -0.39 is 11.7 Å². The van der Waals surface area contributed by atoms with Gasteiger partial charge < -0.3 is 20.1 Å². The lowest BCUT2D eigenvalue weighted by atomic mass is 10.1. The molecule has 0 spiro atoms. The van der Waals surface area contributed by atoms with E-state index in [-0.39, 0.29) is 0 Å². The number of hydrogen-bond acceptors (Lipinski definition) is 4. The van der Waals surface area contributed by atoms with Gasteiger partial charge in [-0.25, -0.2) is 4.79 Å². The molecule has 0 bridgehead atoms. The van der Waals surface area contributed by atoms with Crippen LogP contribution < -0.4 is 16.0 Å². The van der Waals surface area contributed by atoms with Crippen molar-refractivity contribution in [2.75, 3.05) is 38.7 Å². The Kier molecular flexibility index (Phi) is 8.57. The molecule has 1 saturated carbocycles. The number of benzene rings is 1. The second kappa shape index (κ2) is 10.9. The summed E-state index contributed by atoms with van der Waals surface area (Å²) in [7, 11) is 1.76. The second-order valence-electron chi connectivity index (χ2n) is 8.02. The third-order valence-corrected chi connectivity index (χ3v) is 4.12. The van der Waals surface area contributed by atoms with E-state index in [0.29, 0.717) is 6.61 Å². The zero-order valence-corrected chi connectivity index (χ0v) is 17.5. The molecular formula is C21H34N4O3. The molecule has 1 aliphatic rings. The molecule has 0 radical (unpaired) electrons. The standard InChI is InChI=1S/C21H34N4O3/c1-21(2,3)28-20(26)25-18-9-7-16(8-10-18)11-12-23-19(22-4)24-13-14-27-15-17-5-6-17/h7-10,17H,5-6,11-15H2,1-4H3,(H,25,26)(H2,22,23,24). The van der Waals surface area contributed by atoms with Gasteiger partial charge in [-0.3, -0.25) is 10.3 Å². The first kappa shape index (κ1) is 22.0. The van der Waals surface area contributed by atoms with Crippen LogP contribution in [0, 0.1) is 5.92 Å². The highest BCUT2D eigenvalue weighted by Gasteiger charge is 2.20. The zero-order chi connectivity index (χ0) is 20.4. The Morgan fingerprint density at radius 3 is 2.43 bits per heavy atom. The topological polar surface area (TPSA) is 84.0 Å². The SMILES string of the molecule is CN=C(NCCOCC1CC1)NCCc1ccc(NC(=O)OC(C)(C)C)cc1. The zero-order valence-electron chi connectivity index (χ0n) is 17.5. The average molecular weight is 391 g/mol. The van der Waals surface area contributed by atoms with Crippen molar-refractivity contribution in [3.8, 4) is 0 Å². The number of hydrogen-bond donors (Lipinski definition) is 3.